The molecule has 0 aliphatic rings. The summed E-state index contributed by atoms with van der Waals surface area (Å²) in [6.07, 6.45) is 0. The second-order valence-corrected chi connectivity index (χ2v) is 4.47. The lowest BCUT2D eigenvalue weighted by Crippen LogP contribution is -2.05. The van der Waals surface area contributed by atoms with Gasteiger partial charge in [0, 0.05) is 29.7 Å². The highest BCUT2D eigenvalue weighted by atomic mass is 35.5. The van der Waals surface area contributed by atoms with Gasteiger partial charge in [-0.25, -0.2) is 4.98 Å². The van der Waals surface area contributed by atoms with Gasteiger partial charge in [-0.05, 0) is 24.6 Å². The van der Waals surface area contributed by atoms with Crippen molar-refractivity contribution in [3.8, 4) is 11.3 Å². The van der Waals surface area contributed by atoms with Gasteiger partial charge in [0.25, 0.3) is 0 Å². The Balaban J connectivity index is 2.54. The molecule has 2 aromatic rings. The number of hydrogen-bond donors (Lipinski definition) is 3. The lowest BCUT2D eigenvalue weighted by Gasteiger charge is -2.10. The largest absolute Gasteiger partial charge is 0.370 e. The third-order valence-electron chi connectivity index (χ3n) is 2.67. The summed E-state index contributed by atoms with van der Waals surface area (Å²) < 4.78 is 0. The molecule has 0 aliphatic heterocycles. The van der Waals surface area contributed by atoms with Crippen molar-refractivity contribution in [3.63, 3.8) is 0 Å². The van der Waals surface area contributed by atoms with Crippen molar-refractivity contribution in [3.05, 3.63) is 34.9 Å². The van der Waals surface area contributed by atoms with Crippen LogP contribution < -0.4 is 16.8 Å². The van der Waals surface area contributed by atoms with E-state index in [9.17, 15) is 0 Å². The summed E-state index contributed by atoms with van der Waals surface area (Å²) >= 11 is 6.03. The van der Waals surface area contributed by atoms with Crippen molar-refractivity contribution >= 4 is 23.4 Å². The highest BCUT2D eigenvalue weighted by molar-refractivity contribution is 6.30. The number of hydrogen-bond acceptors (Lipinski definition) is 5. The smallest absolute Gasteiger partial charge is 0.222 e. The Labute approximate surface area is 117 Å². The Kier molecular flexibility index (Phi) is 4.19. The molecule has 19 heavy (non-hydrogen) atoms. The number of halogens is 1. The van der Waals surface area contributed by atoms with E-state index in [2.05, 4.69) is 15.3 Å². The lowest BCUT2D eigenvalue weighted by molar-refractivity contribution is 1.06. The van der Waals surface area contributed by atoms with Gasteiger partial charge in [0.2, 0.25) is 5.95 Å². The quantitative estimate of drug-likeness (QED) is 0.798. The van der Waals surface area contributed by atoms with Crippen LogP contribution in [-0.2, 0) is 6.54 Å². The van der Waals surface area contributed by atoms with Crippen LogP contribution >= 0.6 is 11.6 Å². The van der Waals surface area contributed by atoms with Gasteiger partial charge in [0.15, 0.2) is 0 Å². The Morgan fingerprint density at radius 1 is 1.26 bits per heavy atom. The third-order valence-corrected chi connectivity index (χ3v) is 2.90. The van der Waals surface area contributed by atoms with Gasteiger partial charge in [-0.15, -0.1) is 0 Å². The van der Waals surface area contributed by atoms with E-state index in [0.29, 0.717) is 23.1 Å². The molecule has 1 aromatic heterocycles. The summed E-state index contributed by atoms with van der Waals surface area (Å²) in [6, 6.07) is 7.37. The van der Waals surface area contributed by atoms with Crippen molar-refractivity contribution in [2.75, 3.05) is 17.6 Å². The minimum atomic E-state index is 0.219. The average molecular weight is 278 g/mol. The number of rotatable bonds is 4. The molecule has 100 valence electrons. The van der Waals surface area contributed by atoms with Crippen LogP contribution in [0, 0.1) is 0 Å². The second-order valence-electron chi connectivity index (χ2n) is 4.03. The molecule has 0 saturated carbocycles. The van der Waals surface area contributed by atoms with Crippen molar-refractivity contribution in [2.24, 2.45) is 5.73 Å². The first-order valence-corrected chi connectivity index (χ1v) is 6.39. The first kappa shape index (κ1) is 13.6. The topological polar surface area (TPSA) is 89.8 Å². The molecular formula is C13H16ClN5. The molecule has 0 amide bonds. The van der Waals surface area contributed by atoms with Crippen LogP contribution in [0.3, 0.4) is 0 Å². The lowest BCUT2D eigenvalue weighted by atomic mass is 10.0. The Hall–Kier alpha value is -1.85. The minimum Gasteiger partial charge on any atom is -0.370 e. The molecule has 0 aliphatic carbocycles. The van der Waals surface area contributed by atoms with Crippen LogP contribution in [0.4, 0.5) is 11.8 Å². The first-order valence-electron chi connectivity index (χ1n) is 6.01. The van der Waals surface area contributed by atoms with Crippen molar-refractivity contribution in [2.45, 2.75) is 13.5 Å². The molecule has 0 saturated heterocycles. The predicted molar refractivity (Wildman–Crippen MR) is 78.9 cm³/mol. The number of nitrogens with one attached hydrogen (secondary N) is 1. The SMILES string of the molecule is CCNc1cc(-c2cc(Cl)ccc2CN)nc(N)n1. The number of aromatic nitrogens is 2. The van der Waals surface area contributed by atoms with Crippen molar-refractivity contribution in [1.82, 2.24) is 9.97 Å². The Morgan fingerprint density at radius 3 is 2.74 bits per heavy atom. The van der Waals surface area contributed by atoms with E-state index in [1.54, 1.807) is 0 Å². The molecule has 0 fully saturated rings. The van der Waals surface area contributed by atoms with E-state index in [0.717, 1.165) is 17.7 Å². The molecule has 0 spiro atoms. The molecule has 0 bridgehead atoms. The summed E-state index contributed by atoms with van der Waals surface area (Å²) in [5.74, 6) is 0.907. The highest BCUT2D eigenvalue weighted by Crippen LogP contribution is 2.27. The fourth-order valence-corrected chi connectivity index (χ4v) is 2.01. The second kappa shape index (κ2) is 5.86. The Bertz CT molecular complexity index is 585. The van der Waals surface area contributed by atoms with E-state index in [-0.39, 0.29) is 5.95 Å². The van der Waals surface area contributed by atoms with Crippen LogP contribution in [0.15, 0.2) is 24.3 Å². The monoisotopic (exact) mass is 277 g/mol. The number of nitrogen functional groups attached to an aromatic ring is 1. The third kappa shape index (κ3) is 3.13. The summed E-state index contributed by atoms with van der Waals surface area (Å²) in [7, 11) is 0. The summed E-state index contributed by atoms with van der Waals surface area (Å²) in [5, 5.41) is 3.75. The minimum absolute atomic E-state index is 0.219. The standard InChI is InChI=1S/C13H16ClN5/c1-2-17-12-6-11(18-13(16)19-12)10-5-9(14)4-3-8(10)7-15/h3-6H,2,7,15H2,1H3,(H3,16,17,18,19). The number of benzene rings is 1. The molecule has 1 heterocycles. The van der Waals surface area contributed by atoms with Crippen LogP contribution in [-0.4, -0.2) is 16.5 Å². The zero-order valence-corrected chi connectivity index (χ0v) is 11.4. The van der Waals surface area contributed by atoms with Gasteiger partial charge in [0.1, 0.15) is 5.82 Å². The van der Waals surface area contributed by atoms with Crippen molar-refractivity contribution < 1.29 is 0 Å². The fourth-order valence-electron chi connectivity index (χ4n) is 1.84. The maximum Gasteiger partial charge on any atom is 0.222 e. The molecule has 6 heteroatoms. The van der Waals surface area contributed by atoms with Crippen LogP contribution in [0.25, 0.3) is 11.3 Å². The van der Waals surface area contributed by atoms with Crippen LogP contribution in [0.1, 0.15) is 12.5 Å². The number of nitrogens with two attached hydrogens (primary N) is 2. The summed E-state index contributed by atoms with van der Waals surface area (Å²) in [4.78, 5) is 8.37. The predicted octanol–water partition coefficient (Wildman–Crippen LogP) is 2.27. The van der Waals surface area contributed by atoms with Gasteiger partial charge in [-0.1, -0.05) is 17.7 Å². The maximum absolute atomic E-state index is 6.03. The molecule has 1 aromatic carbocycles. The van der Waals surface area contributed by atoms with E-state index >= 15 is 0 Å². The number of anilines is 2. The van der Waals surface area contributed by atoms with E-state index in [1.807, 2.05) is 31.2 Å². The van der Waals surface area contributed by atoms with E-state index in [1.165, 1.54) is 0 Å². The molecule has 5 nitrogen and oxygen atoms in total. The van der Waals surface area contributed by atoms with Crippen LogP contribution in [0.5, 0.6) is 0 Å². The molecule has 0 atom stereocenters. The Morgan fingerprint density at radius 2 is 2.05 bits per heavy atom. The van der Waals surface area contributed by atoms with Gasteiger partial charge >= 0.3 is 0 Å². The maximum atomic E-state index is 6.03. The van der Waals surface area contributed by atoms with Crippen molar-refractivity contribution in [1.29, 1.82) is 0 Å². The summed E-state index contributed by atoms with van der Waals surface area (Å²) in [6.45, 7) is 3.16. The van der Waals surface area contributed by atoms with E-state index in [4.69, 9.17) is 23.1 Å². The van der Waals surface area contributed by atoms with Gasteiger partial charge in [0.05, 0.1) is 5.69 Å². The molecule has 0 unspecified atom stereocenters. The van der Waals surface area contributed by atoms with Crippen LogP contribution in [0.2, 0.25) is 5.02 Å². The van der Waals surface area contributed by atoms with Gasteiger partial charge < -0.3 is 16.8 Å². The molecule has 0 radical (unpaired) electrons. The zero-order chi connectivity index (χ0) is 13.8. The first-order chi connectivity index (χ1) is 9.13. The molecule has 5 N–H and O–H groups in total. The molecular weight excluding hydrogens is 262 g/mol. The normalized spacial score (nSPS) is 10.5. The average Bonchev–Trinajstić information content (AvgIpc) is 2.38. The van der Waals surface area contributed by atoms with Gasteiger partial charge in [-0.2, -0.15) is 4.98 Å². The zero-order valence-electron chi connectivity index (χ0n) is 10.7. The van der Waals surface area contributed by atoms with E-state index < -0.39 is 0 Å². The number of nitrogens with zero attached hydrogens (tertiary/aromatic N) is 2. The fraction of sp³-hybridized carbons (Fsp3) is 0.231. The highest BCUT2D eigenvalue weighted by Gasteiger charge is 2.09. The summed E-state index contributed by atoms with van der Waals surface area (Å²) in [5.41, 5.74) is 14.0. The molecule has 2 rings (SSSR count). The van der Waals surface area contributed by atoms with Gasteiger partial charge in [-0.3, -0.25) is 0 Å².